The summed E-state index contributed by atoms with van der Waals surface area (Å²) in [6, 6.07) is 8.04. The smallest absolute Gasteiger partial charge is 0.341 e. The molecular weight excluding hydrogens is 344 g/mol. The zero-order valence-electron chi connectivity index (χ0n) is 13.6. The van der Waals surface area contributed by atoms with E-state index in [2.05, 4.69) is 0 Å². The third kappa shape index (κ3) is 3.25. The number of phenols is 2. The van der Waals surface area contributed by atoms with Crippen molar-refractivity contribution in [1.29, 1.82) is 0 Å². The number of aromatic hydroxyl groups is 2. The first-order valence-electron chi connectivity index (χ1n) is 7.42. The summed E-state index contributed by atoms with van der Waals surface area (Å²) in [6.45, 7) is -0.566. The van der Waals surface area contributed by atoms with Crippen LogP contribution in [0, 0.1) is 0 Å². The van der Waals surface area contributed by atoms with E-state index in [0.29, 0.717) is 11.3 Å². The molecule has 0 spiro atoms. The Labute approximate surface area is 146 Å². The van der Waals surface area contributed by atoms with Crippen molar-refractivity contribution in [3.63, 3.8) is 0 Å². The summed E-state index contributed by atoms with van der Waals surface area (Å²) in [5.41, 5.74) is -0.0654. The molecule has 0 unspecified atom stereocenters. The summed E-state index contributed by atoms with van der Waals surface area (Å²) in [5, 5.41) is 28.1. The number of rotatable bonds is 5. The lowest BCUT2D eigenvalue weighted by Gasteiger charge is -2.11. The van der Waals surface area contributed by atoms with Crippen LogP contribution in [0.1, 0.15) is 0 Å². The van der Waals surface area contributed by atoms with Crippen LogP contribution in [0.3, 0.4) is 0 Å². The summed E-state index contributed by atoms with van der Waals surface area (Å²) in [5.74, 6) is -1.17. The maximum atomic E-state index is 12.3. The molecule has 1 heterocycles. The second-order valence-corrected chi connectivity index (χ2v) is 5.36. The number of fused-ring (bicyclic) bond motifs is 1. The number of hydrogen-bond donors (Lipinski definition) is 3. The minimum absolute atomic E-state index is 0.00817. The number of methoxy groups -OCH3 is 1. The highest BCUT2D eigenvalue weighted by molar-refractivity contribution is 5.86. The SMILES string of the molecule is COc1ccc(-c2cc(=O)c3c(O)cc(O)cc3o2)cc1OCC(=O)O. The summed E-state index contributed by atoms with van der Waals surface area (Å²) in [4.78, 5) is 23.0. The van der Waals surface area contributed by atoms with Gasteiger partial charge in [-0.05, 0) is 18.2 Å². The van der Waals surface area contributed by atoms with Gasteiger partial charge in [0, 0.05) is 23.8 Å². The molecule has 3 aromatic rings. The van der Waals surface area contributed by atoms with Gasteiger partial charge in [-0.1, -0.05) is 0 Å². The van der Waals surface area contributed by atoms with E-state index in [9.17, 15) is 19.8 Å². The molecule has 0 fully saturated rings. The van der Waals surface area contributed by atoms with Gasteiger partial charge in [0.2, 0.25) is 0 Å². The second kappa shape index (κ2) is 6.67. The number of phenolic OH excluding ortho intramolecular Hbond substituents is 2. The third-order valence-corrected chi connectivity index (χ3v) is 3.59. The number of carbonyl (C=O) groups is 1. The Balaban J connectivity index is 2.12. The van der Waals surface area contributed by atoms with E-state index < -0.39 is 18.0 Å². The topological polar surface area (TPSA) is 126 Å². The standard InChI is InChI=1S/C18H14O8/c1-24-13-3-2-9(4-15(13)25-8-17(22)23)14-7-12(21)18-11(20)5-10(19)6-16(18)26-14/h2-7,19-20H,8H2,1H3,(H,22,23). The molecule has 8 heteroatoms. The Hall–Kier alpha value is -3.68. The van der Waals surface area contributed by atoms with Crippen LogP contribution in [0.4, 0.5) is 0 Å². The molecule has 0 aliphatic carbocycles. The van der Waals surface area contributed by atoms with Gasteiger partial charge in [-0.25, -0.2) is 4.79 Å². The fourth-order valence-corrected chi connectivity index (χ4v) is 2.48. The molecule has 1 aromatic heterocycles. The van der Waals surface area contributed by atoms with Gasteiger partial charge in [-0.2, -0.15) is 0 Å². The van der Waals surface area contributed by atoms with E-state index in [1.165, 1.54) is 31.4 Å². The number of ether oxygens (including phenoxy) is 2. The largest absolute Gasteiger partial charge is 0.508 e. The molecule has 0 saturated carbocycles. The number of hydrogen-bond acceptors (Lipinski definition) is 7. The van der Waals surface area contributed by atoms with Crippen LogP contribution in [0.15, 0.2) is 45.6 Å². The molecule has 3 rings (SSSR count). The van der Waals surface area contributed by atoms with Crippen LogP contribution in [0.5, 0.6) is 23.0 Å². The highest BCUT2D eigenvalue weighted by Gasteiger charge is 2.14. The fraction of sp³-hybridized carbons (Fsp3) is 0.111. The number of aliphatic carboxylic acids is 1. The maximum Gasteiger partial charge on any atom is 0.341 e. The maximum absolute atomic E-state index is 12.3. The first kappa shape index (κ1) is 17.2. The lowest BCUT2D eigenvalue weighted by Crippen LogP contribution is -2.10. The van der Waals surface area contributed by atoms with Crippen LogP contribution >= 0.6 is 0 Å². The van der Waals surface area contributed by atoms with E-state index in [-0.39, 0.29) is 34.0 Å². The first-order valence-corrected chi connectivity index (χ1v) is 7.42. The van der Waals surface area contributed by atoms with Gasteiger partial charge in [0.05, 0.1) is 7.11 Å². The van der Waals surface area contributed by atoms with Gasteiger partial charge in [0.1, 0.15) is 28.2 Å². The third-order valence-electron chi connectivity index (χ3n) is 3.59. The Morgan fingerprint density at radius 1 is 1.12 bits per heavy atom. The zero-order valence-corrected chi connectivity index (χ0v) is 13.6. The van der Waals surface area contributed by atoms with Crippen molar-refractivity contribution in [2.24, 2.45) is 0 Å². The van der Waals surface area contributed by atoms with Crippen molar-refractivity contribution in [2.45, 2.75) is 0 Å². The minimum Gasteiger partial charge on any atom is -0.508 e. The Morgan fingerprint density at radius 2 is 1.88 bits per heavy atom. The summed E-state index contributed by atoms with van der Waals surface area (Å²) in [7, 11) is 1.41. The van der Waals surface area contributed by atoms with Gasteiger partial charge < -0.3 is 29.2 Å². The van der Waals surface area contributed by atoms with E-state index in [1.54, 1.807) is 6.07 Å². The lowest BCUT2D eigenvalue weighted by atomic mass is 10.1. The van der Waals surface area contributed by atoms with Crippen molar-refractivity contribution in [2.75, 3.05) is 13.7 Å². The molecule has 2 aromatic carbocycles. The molecular formula is C18H14O8. The quantitative estimate of drug-likeness (QED) is 0.634. The minimum atomic E-state index is -1.15. The molecule has 134 valence electrons. The molecule has 0 saturated heterocycles. The van der Waals surface area contributed by atoms with E-state index in [4.69, 9.17) is 19.0 Å². The second-order valence-electron chi connectivity index (χ2n) is 5.36. The lowest BCUT2D eigenvalue weighted by molar-refractivity contribution is -0.139. The van der Waals surface area contributed by atoms with Gasteiger partial charge in [0.15, 0.2) is 23.5 Å². The van der Waals surface area contributed by atoms with Crippen molar-refractivity contribution in [3.05, 3.63) is 46.6 Å². The molecule has 8 nitrogen and oxygen atoms in total. The number of carboxylic acid groups (broad SMARTS) is 1. The first-order chi connectivity index (χ1) is 12.4. The van der Waals surface area contributed by atoms with Crippen LogP contribution in [0.25, 0.3) is 22.3 Å². The highest BCUT2D eigenvalue weighted by atomic mass is 16.5. The van der Waals surface area contributed by atoms with Crippen LogP contribution in [-0.2, 0) is 4.79 Å². The van der Waals surface area contributed by atoms with E-state index in [1.807, 2.05) is 0 Å². The van der Waals surface area contributed by atoms with Gasteiger partial charge >= 0.3 is 5.97 Å². The predicted octanol–water partition coefficient (Wildman–Crippen LogP) is 2.34. The van der Waals surface area contributed by atoms with Crippen molar-refractivity contribution >= 4 is 16.9 Å². The van der Waals surface area contributed by atoms with Crippen molar-refractivity contribution < 1.29 is 34.0 Å². The number of carboxylic acids is 1. The molecule has 0 radical (unpaired) electrons. The molecule has 0 amide bonds. The van der Waals surface area contributed by atoms with E-state index >= 15 is 0 Å². The van der Waals surface area contributed by atoms with E-state index in [0.717, 1.165) is 6.07 Å². The average Bonchev–Trinajstić information content (AvgIpc) is 2.58. The van der Waals surface area contributed by atoms with Crippen LogP contribution in [0.2, 0.25) is 0 Å². The molecule has 0 atom stereocenters. The fourth-order valence-electron chi connectivity index (χ4n) is 2.48. The summed E-state index contributed by atoms with van der Waals surface area (Å²) < 4.78 is 15.9. The molecule has 0 aliphatic heterocycles. The zero-order chi connectivity index (χ0) is 18.8. The predicted molar refractivity (Wildman–Crippen MR) is 90.9 cm³/mol. The molecule has 0 aliphatic rings. The van der Waals surface area contributed by atoms with Gasteiger partial charge in [-0.15, -0.1) is 0 Å². The van der Waals surface area contributed by atoms with Crippen molar-refractivity contribution in [3.8, 4) is 34.3 Å². The van der Waals surface area contributed by atoms with Crippen LogP contribution in [-0.4, -0.2) is 35.0 Å². The number of benzene rings is 2. The Morgan fingerprint density at radius 3 is 2.58 bits per heavy atom. The highest BCUT2D eigenvalue weighted by Crippen LogP contribution is 2.34. The summed E-state index contributed by atoms with van der Waals surface area (Å²) in [6.07, 6.45) is 0. The van der Waals surface area contributed by atoms with Crippen molar-refractivity contribution in [1.82, 2.24) is 0 Å². The normalized spacial score (nSPS) is 10.7. The molecule has 0 bridgehead atoms. The Bertz CT molecular complexity index is 1050. The molecule has 3 N–H and O–H groups in total. The Kier molecular flexibility index (Phi) is 4.40. The average molecular weight is 358 g/mol. The van der Waals surface area contributed by atoms with Gasteiger partial charge in [0.25, 0.3) is 0 Å². The summed E-state index contributed by atoms with van der Waals surface area (Å²) >= 11 is 0. The molecule has 26 heavy (non-hydrogen) atoms. The van der Waals surface area contributed by atoms with Gasteiger partial charge in [-0.3, -0.25) is 4.79 Å². The monoisotopic (exact) mass is 358 g/mol. The van der Waals surface area contributed by atoms with Crippen LogP contribution < -0.4 is 14.9 Å².